The molecule has 0 aromatic heterocycles. The van der Waals surface area contributed by atoms with E-state index in [-0.39, 0.29) is 19.8 Å². The third-order valence-corrected chi connectivity index (χ3v) is 3.63. The fourth-order valence-electron chi connectivity index (χ4n) is 2.16. The van der Waals surface area contributed by atoms with E-state index in [4.69, 9.17) is 9.47 Å². The first-order valence-corrected chi connectivity index (χ1v) is 7.86. The number of carboxylic acids is 1. The van der Waals surface area contributed by atoms with Gasteiger partial charge in [0.25, 0.3) is 0 Å². The first-order valence-electron chi connectivity index (χ1n) is 7.86. The van der Waals surface area contributed by atoms with Crippen LogP contribution >= 0.6 is 0 Å². The molecule has 2 aromatic rings. The van der Waals surface area contributed by atoms with Gasteiger partial charge in [-0.15, -0.1) is 0 Å². The van der Waals surface area contributed by atoms with E-state index in [2.05, 4.69) is 0 Å². The van der Waals surface area contributed by atoms with E-state index in [0.717, 1.165) is 16.0 Å². The maximum absolute atomic E-state index is 12.1. The molecule has 0 aliphatic heterocycles. The van der Waals surface area contributed by atoms with Crippen LogP contribution in [0.5, 0.6) is 0 Å². The number of amides is 1. The van der Waals surface area contributed by atoms with Gasteiger partial charge in [-0.05, 0) is 11.1 Å². The molecule has 2 aromatic carbocycles. The van der Waals surface area contributed by atoms with E-state index in [9.17, 15) is 14.7 Å². The average molecular weight is 343 g/mol. The maximum Gasteiger partial charge on any atom is 0.410 e. The summed E-state index contributed by atoms with van der Waals surface area (Å²) < 4.78 is 10.6. The predicted molar refractivity (Wildman–Crippen MR) is 91.9 cm³/mol. The lowest BCUT2D eigenvalue weighted by atomic mass is 10.2. The zero-order chi connectivity index (χ0) is 18.1. The van der Waals surface area contributed by atoms with Gasteiger partial charge in [0, 0.05) is 7.05 Å². The highest BCUT2D eigenvalue weighted by atomic mass is 16.6. The minimum absolute atomic E-state index is 0.0845. The van der Waals surface area contributed by atoms with Crippen molar-refractivity contribution < 1.29 is 24.2 Å². The Kier molecular flexibility index (Phi) is 6.98. The lowest BCUT2D eigenvalue weighted by molar-refractivity contribution is -0.144. The van der Waals surface area contributed by atoms with Crippen LogP contribution in [0, 0.1) is 0 Å². The second-order valence-electron chi connectivity index (χ2n) is 5.51. The molecule has 6 nitrogen and oxygen atoms in total. The summed E-state index contributed by atoms with van der Waals surface area (Å²) >= 11 is 0. The molecule has 2 rings (SSSR count). The smallest absolute Gasteiger partial charge is 0.410 e. The van der Waals surface area contributed by atoms with E-state index in [0.29, 0.717) is 0 Å². The van der Waals surface area contributed by atoms with E-state index >= 15 is 0 Å². The Bertz CT molecular complexity index is 675. The summed E-state index contributed by atoms with van der Waals surface area (Å²) in [5, 5.41) is 9.35. The number of hydrogen-bond donors (Lipinski definition) is 1. The average Bonchev–Trinajstić information content (AvgIpc) is 2.64. The number of rotatable bonds is 8. The molecule has 0 saturated carbocycles. The Labute approximate surface area is 146 Å². The first-order chi connectivity index (χ1) is 12.1. The van der Waals surface area contributed by atoms with Crippen molar-refractivity contribution in [2.24, 2.45) is 0 Å². The highest BCUT2D eigenvalue weighted by Gasteiger charge is 2.28. The molecular weight excluding hydrogens is 322 g/mol. The molecule has 0 heterocycles. The molecule has 0 bridgehead atoms. The van der Waals surface area contributed by atoms with Crippen LogP contribution in [-0.2, 0) is 27.5 Å². The lowest BCUT2D eigenvalue weighted by Gasteiger charge is -2.24. The van der Waals surface area contributed by atoms with Gasteiger partial charge in [0.05, 0.1) is 13.2 Å². The van der Waals surface area contributed by atoms with Gasteiger partial charge in [-0.3, -0.25) is 4.90 Å². The Morgan fingerprint density at radius 3 is 2.00 bits per heavy atom. The topological polar surface area (TPSA) is 76.1 Å². The molecule has 0 spiro atoms. The molecule has 0 aliphatic carbocycles. The highest BCUT2D eigenvalue weighted by Crippen LogP contribution is 2.07. The molecule has 1 amide bonds. The third-order valence-electron chi connectivity index (χ3n) is 3.63. The molecule has 0 unspecified atom stereocenters. The highest BCUT2D eigenvalue weighted by molar-refractivity contribution is 5.80. The van der Waals surface area contributed by atoms with Crippen molar-refractivity contribution in [1.29, 1.82) is 0 Å². The number of carbonyl (C=O) groups excluding carboxylic acids is 1. The van der Waals surface area contributed by atoms with Gasteiger partial charge in [-0.2, -0.15) is 0 Å². The molecule has 0 saturated heterocycles. The predicted octanol–water partition coefficient (Wildman–Crippen LogP) is 2.93. The largest absolute Gasteiger partial charge is 0.480 e. The van der Waals surface area contributed by atoms with Gasteiger partial charge < -0.3 is 14.6 Å². The van der Waals surface area contributed by atoms with Crippen LogP contribution in [0.25, 0.3) is 0 Å². The second-order valence-corrected chi connectivity index (χ2v) is 5.51. The summed E-state index contributed by atoms with van der Waals surface area (Å²) in [4.78, 5) is 24.6. The number of ether oxygens (including phenoxy) is 2. The Balaban J connectivity index is 1.84. The molecule has 25 heavy (non-hydrogen) atoms. The van der Waals surface area contributed by atoms with Crippen LogP contribution < -0.4 is 0 Å². The number of hydrogen-bond acceptors (Lipinski definition) is 4. The third kappa shape index (κ3) is 5.93. The monoisotopic (exact) mass is 343 g/mol. The lowest BCUT2D eigenvalue weighted by Crippen LogP contribution is -2.45. The number of likely N-dealkylation sites (N-methyl/N-ethyl adjacent to an activating group) is 1. The molecule has 0 aliphatic rings. The fraction of sp³-hybridized carbons (Fsp3) is 0.263. The zero-order valence-corrected chi connectivity index (χ0v) is 14.0. The first kappa shape index (κ1) is 18.5. The van der Waals surface area contributed by atoms with E-state index in [1.54, 1.807) is 0 Å². The second kappa shape index (κ2) is 9.44. The van der Waals surface area contributed by atoms with Gasteiger partial charge in [-0.25, -0.2) is 9.59 Å². The molecule has 6 heteroatoms. The van der Waals surface area contributed by atoms with Crippen LogP contribution in [0.2, 0.25) is 0 Å². The van der Waals surface area contributed by atoms with Gasteiger partial charge in [0.15, 0.2) is 6.04 Å². The molecule has 0 radical (unpaired) electrons. The van der Waals surface area contributed by atoms with Gasteiger partial charge >= 0.3 is 12.1 Å². The van der Waals surface area contributed by atoms with Crippen molar-refractivity contribution in [3.05, 3.63) is 71.8 Å². The van der Waals surface area contributed by atoms with E-state index < -0.39 is 18.1 Å². The summed E-state index contributed by atoms with van der Waals surface area (Å²) in [6.07, 6.45) is -0.709. The Morgan fingerprint density at radius 1 is 0.960 bits per heavy atom. The Morgan fingerprint density at radius 2 is 1.48 bits per heavy atom. The summed E-state index contributed by atoms with van der Waals surface area (Å²) in [6.45, 7) is 0.236. The van der Waals surface area contributed by atoms with Crippen LogP contribution in [0.1, 0.15) is 11.1 Å². The SMILES string of the molecule is CN(C(=O)OCc1ccccc1)[C@H](COCc1ccccc1)C(=O)O. The Hall–Kier alpha value is -2.86. The molecule has 0 fully saturated rings. The minimum Gasteiger partial charge on any atom is -0.480 e. The van der Waals surface area contributed by atoms with E-state index in [1.807, 2.05) is 60.7 Å². The van der Waals surface area contributed by atoms with Crippen molar-refractivity contribution in [2.45, 2.75) is 19.3 Å². The van der Waals surface area contributed by atoms with Crippen LogP contribution in [0.3, 0.4) is 0 Å². The summed E-state index contributed by atoms with van der Waals surface area (Å²) in [5.74, 6) is -1.15. The van der Waals surface area contributed by atoms with Gasteiger partial charge in [0.1, 0.15) is 6.61 Å². The van der Waals surface area contributed by atoms with Crippen LogP contribution in [0.15, 0.2) is 60.7 Å². The zero-order valence-electron chi connectivity index (χ0n) is 14.0. The molecule has 132 valence electrons. The molecular formula is C19H21NO5. The summed E-state index contributed by atoms with van der Waals surface area (Å²) in [5.41, 5.74) is 1.76. The van der Waals surface area contributed by atoms with Gasteiger partial charge in [0.2, 0.25) is 0 Å². The van der Waals surface area contributed by atoms with Crippen molar-refractivity contribution in [3.8, 4) is 0 Å². The quantitative estimate of drug-likeness (QED) is 0.797. The van der Waals surface area contributed by atoms with E-state index in [1.165, 1.54) is 7.05 Å². The van der Waals surface area contributed by atoms with Crippen molar-refractivity contribution >= 4 is 12.1 Å². The normalized spacial score (nSPS) is 11.6. The number of benzene rings is 2. The summed E-state index contributed by atoms with van der Waals surface area (Å²) in [7, 11) is 1.39. The van der Waals surface area contributed by atoms with Crippen molar-refractivity contribution in [2.75, 3.05) is 13.7 Å². The number of aliphatic carboxylic acids is 1. The maximum atomic E-state index is 12.1. The van der Waals surface area contributed by atoms with Crippen LogP contribution in [0.4, 0.5) is 4.79 Å². The molecule has 1 N–H and O–H groups in total. The fourth-order valence-corrected chi connectivity index (χ4v) is 2.16. The number of nitrogens with zero attached hydrogens (tertiary/aromatic N) is 1. The standard InChI is InChI=1S/C19H21NO5/c1-20(19(23)25-13-16-10-6-3-7-11-16)17(18(21)22)14-24-12-15-8-4-2-5-9-15/h2-11,17H,12-14H2,1H3,(H,21,22)/t17-/m1/s1. The van der Waals surface area contributed by atoms with Crippen molar-refractivity contribution in [1.82, 2.24) is 4.90 Å². The molecule has 1 atom stereocenters. The number of carboxylic acid groups (broad SMARTS) is 1. The number of carbonyl (C=O) groups is 2. The van der Waals surface area contributed by atoms with Crippen LogP contribution in [-0.4, -0.2) is 41.8 Å². The van der Waals surface area contributed by atoms with Crippen molar-refractivity contribution in [3.63, 3.8) is 0 Å². The summed E-state index contributed by atoms with van der Waals surface area (Å²) in [6, 6.07) is 17.5. The minimum atomic E-state index is -1.15. The van der Waals surface area contributed by atoms with Gasteiger partial charge in [-0.1, -0.05) is 60.7 Å².